The van der Waals surface area contributed by atoms with E-state index in [0.717, 1.165) is 0 Å². The summed E-state index contributed by atoms with van der Waals surface area (Å²) in [5.74, 6) is -0.508. The molecule has 2 aromatic rings. The van der Waals surface area contributed by atoms with E-state index >= 15 is 0 Å². The molecule has 1 aromatic heterocycles. The molecule has 0 saturated heterocycles. The summed E-state index contributed by atoms with van der Waals surface area (Å²) in [4.78, 5) is 23.7. The molecule has 2 rings (SSSR count). The number of esters is 1. The quantitative estimate of drug-likeness (QED) is 0.852. The third-order valence-corrected chi connectivity index (χ3v) is 3.43. The zero-order chi connectivity index (χ0) is 15.2. The van der Waals surface area contributed by atoms with Crippen molar-refractivity contribution in [1.82, 2.24) is 0 Å². The maximum atomic E-state index is 11.9. The molecule has 6 nitrogen and oxygen atoms in total. The van der Waals surface area contributed by atoms with Crippen LogP contribution >= 0.6 is 11.3 Å². The highest BCUT2D eigenvalue weighted by atomic mass is 32.1. The van der Waals surface area contributed by atoms with Gasteiger partial charge in [-0.2, -0.15) is 5.26 Å². The Morgan fingerprint density at radius 1 is 1.29 bits per heavy atom. The molecule has 0 unspecified atom stereocenters. The summed E-state index contributed by atoms with van der Waals surface area (Å²) < 4.78 is 4.63. The average Bonchev–Trinajstić information content (AvgIpc) is 2.94. The van der Waals surface area contributed by atoms with Crippen LogP contribution < -0.4 is 10.6 Å². The van der Waals surface area contributed by atoms with E-state index in [9.17, 15) is 9.59 Å². The number of hydrogen-bond acceptors (Lipinski definition) is 5. The number of anilines is 2. The van der Waals surface area contributed by atoms with E-state index in [0.29, 0.717) is 21.8 Å². The molecule has 0 atom stereocenters. The van der Waals surface area contributed by atoms with Crippen LogP contribution in [0.2, 0.25) is 0 Å². The van der Waals surface area contributed by atoms with E-state index in [1.54, 1.807) is 35.7 Å². The number of amides is 2. The van der Waals surface area contributed by atoms with Crippen LogP contribution in [-0.2, 0) is 4.74 Å². The van der Waals surface area contributed by atoms with E-state index in [2.05, 4.69) is 15.4 Å². The Labute approximate surface area is 125 Å². The predicted octanol–water partition coefficient (Wildman–Crippen LogP) is 3.05. The summed E-state index contributed by atoms with van der Waals surface area (Å²) in [5.41, 5.74) is 1.31. The first-order valence-electron chi connectivity index (χ1n) is 5.88. The molecular weight excluding hydrogens is 290 g/mol. The summed E-state index contributed by atoms with van der Waals surface area (Å²) in [6.07, 6.45) is 0. The van der Waals surface area contributed by atoms with Crippen LogP contribution in [0.25, 0.3) is 0 Å². The first kappa shape index (κ1) is 14.6. The number of nitriles is 1. The topological polar surface area (TPSA) is 91.2 Å². The number of nitrogens with one attached hydrogen (secondary N) is 2. The lowest BCUT2D eigenvalue weighted by atomic mass is 10.2. The molecule has 2 N–H and O–H groups in total. The molecule has 21 heavy (non-hydrogen) atoms. The lowest BCUT2D eigenvalue weighted by Crippen LogP contribution is -2.20. The number of carbonyl (C=O) groups excluding carboxylic acids is 2. The minimum atomic E-state index is -0.508. The number of nitrogens with zero attached hydrogens (tertiary/aromatic N) is 1. The number of ether oxygens (including phenoxy) is 1. The second kappa shape index (κ2) is 6.54. The first-order chi connectivity index (χ1) is 10.1. The summed E-state index contributed by atoms with van der Waals surface area (Å²) >= 11 is 1.18. The Morgan fingerprint density at radius 3 is 2.81 bits per heavy atom. The molecule has 7 heteroatoms. The van der Waals surface area contributed by atoms with Crippen LogP contribution in [0.4, 0.5) is 16.2 Å². The number of urea groups is 1. The molecule has 0 aliphatic rings. The molecule has 0 bridgehead atoms. The third kappa shape index (κ3) is 3.58. The molecule has 1 heterocycles. The van der Waals surface area contributed by atoms with E-state index in [4.69, 9.17) is 5.26 Å². The highest BCUT2D eigenvalue weighted by Gasteiger charge is 2.15. The van der Waals surface area contributed by atoms with Gasteiger partial charge in [0.15, 0.2) is 0 Å². The molecule has 1 aromatic carbocycles. The van der Waals surface area contributed by atoms with Gasteiger partial charge in [0.25, 0.3) is 0 Å². The maximum Gasteiger partial charge on any atom is 0.350 e. The Kier molecular flexibility index (Phi) is 4.53. The van der Waals surface area contributed by atoms with Crippen molar-refractivity contribution in [1.29, 1.82) is 5.26 Å². The van der Waals surface area contributed by atoms with Crippen LogP contribution in [0, 0.1) is 11.3 Å². The van der Waals surface area contributed by atoms with Crippen molar-refractivity contribution < 1.29 is 14.3 Å². The normalized spacial score (nSPS) is 9.52. The Hall–Kier alpha value is -2.85. The Bertz CT molecular complexity index is 718. The molecule has 106 valence electrons. The van der Waals surface area contributed by atoms with Crippen LogP contribution in [0.1, 0.15) is 15.2 Å². The van der Waals surface area contributed by atoms with E-state index in [-0.39, 0.29) is 0 Å². The second-order valence-electron chi connectivity index (χ2n) is 3.93. The van der Waals surface area contributed by atoms with Gasteiger partial charge in [0.2, 0.25) is 0 Å². The van der Waals surface area contributed by atoms with Crippen molar-refractivity contribution in [2.45, 2.75) is 0 Å². The van der Waals surface area contributed by atoms with E-state index in [1.165, 1.54) is 18.4 Å². The Balaban J connectivity index is 2.07. The first-order valence-corrected chi connectivity index (χ1v) is 6.76. The summed E-state index contributed by atoms with van der Waals surface area (Å²) in [6.45, 7) is 0. The van der Waals surface area contributed by atoms with Gasteiger partial charge < -0.3 is 15.4 Å². The second-order valence-corrected chi connectivity index (χ2v) is 4.84. The number of benzene rings is 1. The van der Waals surface area contributed by atoms with E-state index in [1.807, 2.05) is 6.07 Å². The minimum absolute atomic E-state index is 0.318. The average molecular weight is 301 g/mol. The van der Waals surface area contributed by atoms with Gasteiger partial charge >= 0.3 is 12.0 Å². The smallest absolute Gasteiger partial charge is 0.350 e. The lowest BCUT2D eigenvalue weighted by Gasteiger charge is -2.08. The molecule has 0 saturated carbocycles. The van der Waals surface area contributed by atoms with Crippen molar-refractivity contribution in [3.8, 4) is 6.07 Å². The molecular formula is C14H11N3O3S. The van der Waals surface area contributed by atoms with Gasteiger partial charge in [0.05, 0.1) is 24.4 Å². The molecule has 0 spiro atoms. The summed E-state index contributed by atoms with van der Waals surface area (Å²) in [7, 11) is 1.28. The maximum absolute atomic E-state index is 11.9. The molecule has 2 amide bonds. The van der Waals surface area contributed by atoms with Gasteiger partial charge in [-0.1, -0.05) is 6.07 Å². The van der Waals surface area contributed by atoms with Gasteiger partial charge in [-0.3, -0.25) is 0 Å². The summed E-state index contributed by atoms with van der Waals surface area (Å²) in [5, 5.41) is 15.6. The predicted molar refractivity (Wildman–Crippen MR) is 79.5 cm³/mol. The van der Waals surface area contributed by atoms with Crippen LogP contribution in [0.15, 0.2) is 35.7 Å². The minimum Gasteiger partial charge on any atom is -0.465 e. The highest BCUT2D eigenvalue weighted by Crippen LogP contribution is 2.23. The highest BCUT2D eigenvalue weighted by molar-refractivity contribution is 7.12. The molecule has 0 aliphatic carbocycles. The van der Waals surface area contributed by atoms with E-state index < -0.39 is 12.0 Å². The third-order valence-electron chi connectivity index (χ3n) is 2.53. The number of thiophene rings is 1. The van der Waals surface area contributed by atoms with Crippen molar-refractivity contribution in [2.75, 3.05) is 17.7 Å². The van der Waals surface area contributed by atoms with Gasteiger partial charge in [-0.25, -0.2) is 9.59 Å². The van der Waals surface area contributed by atoms with Crippen molar-refractivity contribution in [3.05, 3.63) is 46.2 Å². The monoisotopic (exact) mass is 301 g/mol. The molecule has 0 aliphatic heterocycles. The lowest BCUT2D eigenvalue weighted by molar-refractivity contribution is 0.0607. The molecule has 0 radical (unpaired) electrons. The zero-order valence-electron chi connectivity index (χ0n) is 11.0. The van der Waals surface area contributed by atoms with Gasteiger partial charge in [0.1, 0.15) is 4.88 Å². The number of carbonyl (C=O) groups is 2. The zero-order valence-corrected chi connectivity index (χ0v) is 11.9. The number of rotatable bonds is 3. The van der Waals surface area contributed by atoms with Crippen molar-refractivity contribution in [3.63, 3.8) is 0 Å². The van der Waals surface area contributed by atoms with Gasteiger partial charge in [-0.05, 0) is 29.6 Å². The number of hydrogen-bond donors (Lipinski definition) is 2. The fourth-order valence-corrected chi connectivity index (χ4v) is 2.38. The van der Waals surface area contributed by atoms with Gasteiger partial charge in [0, 0.05) is 5.69 Å². The Morgan fingerprint density at radius 2 is 2.10 bits per heavy atom. The van der Waals surface area contributed by atoms with Crippen LogP contribution in [-0.4, -0.2) is 19.1 Å². The molecule has 0 fully saturated rings. The van der Waals surface area contributed by atoms with Crippen molar-refractivity contribution >= 4 is 34.7 Å². The standard InChI is InChI=1S/C14H11N3O3S/c1-20-13(18)12-11(5-6-21-12)17-14(19)16-10-4-2-3-9(7-10)8-15/h2-7H,1H3,(H2,16,17,19). The van der Waals surface area contributed by atoms with Gasteiger partial charge in [-0.15, -0.1) is 11.3 Å². The fraction of sp³-hybridized carbons (Fsp3) is 0.0714. The fourth-order valence-electron chi connectivity index (χ4n) is 1.61. The number of methoxy groups -OCH3 is 1. The van der Waals surface area contributed by atoms with Crippen molar-refractivity contribution in [2.24, 2.45) is 0 Å². The van der Waals surface area contributed by atoms with Crippen LogP contribution in [0.5, 0.6) is 0 Å². The van der Waals surface area contributed by atoms with Crippen LogP contribution in [0.3, 0.4) is 0 Å². The SMILES string of the molecule is COC(=O)c1sccc1NC(=O)Nc1cccc(C#N)c1. The summed E-state index contributed by atoms with van der Waals surface area (Å²) in [6, 6.07) is 9.61. The largest absolute Gasteiger partial charge is 0.465 e.